The van der Waals surface area contributed by atoms with Gasteiger partial charge in [-0.2, -0.15) is 0 Å². The zero-order valence-electron chi connectivity index (χ0n) is 15.4. The first-order valence-electron chi connectivity index (χ1n) is 8.79. The number of halogens is 1. The van der Waals surface area contributed by atoms with Gasteiger partial charge in [-0.15, -0.1) is 0 Å². The van der Waals surface area contributed by atoms with Gasteiger partial charge in [-0.05, 0) is 36.4 Å². The van der Waals surface area contributed by atoms with E-state index in [-0.39, 0.29) is 11.1 Å². The van der Waals surface area contributed by atoms with E-state index in [1.165, 1.54) is 4.90 Å². The lowest BCUT2D eigenvalue weighted by Gasteiger charge is -2.12. The third-order valence-electron chi connectivity index (χ3n) is 4.15. The molecule has 2 amide bonds. The summed E-state index contributed by atoms with van der Waals surface area (Å²) in [7, 11) is 1.59. The number of imide groups is 1. The molecule has 0 aromatic heterocycles. The molecule has 28 heavy (non-hydrogen) atoms. The Labute approximate surface area is 173 Å². The first kappa shape index (κ1) is 20.5. The average Bonchev–Trinajstić information content (AvgIpc) is 2.96. The molecule has 0 aliphatic carbocycles. The van der Waals surface area contributed by atoms with Crippen LogP contribution in [0.3, 0.4) is 0 Å². The zero-order chi connectivity index (χ0) is 19.9. The van der Waals surface area contributed by atoms with Crippen molar-refractivity contribution >= 4 is 40.6 Å². The Morgan fingerprint density at radius 1 is 1.11 bits per heavy atom. The van der Waals surface area contributed by atoms with E-state index in [1.54, 1.807) is 13.2 Å². The molecule has 1 aliphatic rings. The first-order chi connectivity index (χ1) is 13.6. The third-order valence-corrected chi connectivity index (χ3v) is 5.43. The number of hydrogen-bond donors (Lipinski definition) is 0. The summed E-state index contributed by atoms with van der Waals surface area (Å²) in [5.74, 6) is 0.334. The largest absolute Gasteiger partial charge is 0.488 e. The lowest BCUT2D eigenvalue weighted by atomic mass is 10.1. The van der Waals surface area contributed by atoms with Crippen LogP contribution in [0.1, 0.15) is 17.5 Å². The highest BCUT2D eigenvalue weighted by atomic mass is 35.5. The molecule has 1 heterocycles. The molecule has 0 spiro atoms. The van der Waals surface area contributed by atoms with E-state index in [2.05, 4.69) is 0 Å². The molecule has 1 fully saturated rings. The molecule has 5 nitrogen and oxygen atoms in total. The van der Waals surface area contributed by atoms with Crippen LogP contribution in [0.5, 0.6) is 5.75 Å². The maximum absolute atomic E-state index is 12.6. The van der Waals surface area contributed by atoms with Crippen molar-refractivity contribution in [3.63, 3.8) is 0 Å². The molecular formula is C21H20ClNO4S. The molecule has 0 unspecified atom stereocenters. The summed E-state index contributed by atoms with van der Waals surface area (Å²) in [4.78, 5) is 26.4. The third kappa shape index (κ3) is 4.95. The number of hydrogen-bond acceptors (Lipinski definition) is 5. The average molecular weight is 418 g/mol. The molecule has 3 rings (SSSR count). The second-order valence-electron chi connectivity index (χ2n) is 6.10. The van der Waals surface area contributed by atoms with Crippen molar-refractivity contribution in [2.24, 2.45) is 0 Å². The van der Waals surface area contributed by atoms with Gasteiger partial charge in [-0.3, -0.25) is 14.5 Å². The topological polar surface area (TPSA) is 55.8 Å². The van der Waals surface area contributed by atoms with Crippen molar-refractivity contribution in [3.8, 4) is 5.75 Å². The predicted octanol–water partition coefficient (Wildman–Crippen LogP) is 4.99. The van der Waals surface area contributed by atoms with Gasteiger partial charge in [0.25, 0.3) is 11.1 Å². The van der Waals surface area contributed by atoms with Crippen LogP contribution in [-0.2, 0) is 16.1 Å². The monoisotopic (exact) mass is 417 g/mol. The number of benzene rings is 2. The van der Waals surface area contributed by atoms with E-state index in [9.17, 15) is 9.59 Å². The van der Waals surface area contributed by atoms with Gasteiger partial charge in [0.1, 0.15) is 12.4 Å². The molecule has 0 bridgehead atoms. The van der Waals surface area contributed by atoms with Gasteiger partial charge in [0, 0.05) is 36.4 Å². The van der Waals surface area contributed by atoms with Crippen molar-refractivity contribution in [2.45, 2.75) is 13.0 Å². The molecule has 2 aromatic carbocycles. The number of para-hydroxylation sites is 1. The van der Waals surface area contributed by atoms with Crippen LogP contribution in [0.4, 0.5) is 4.79 Å². The number of methoxy groups -OCH3 is 1. The van der Waals surface area contributed by atoms with Crippen LogP contribution in [0.15, 0.2) is 53.4 Å². The standard InChI is InChI=1S/C21H20ClNO4S/c1-26-12-6-11-23-20(24)19(28-21(23)25)13-15-7-3-5-10-18(15)27-14-16-8-2-4-9-17(16)22/h2-5,7-10,13H,6,11-12,14H2,1H3/b19-13+. The van der Waals surface area contributed by atoms with E-state index >= 15 is 0 Å². The number of thioether (sulfide) groups is 1. The van der Waals surface area contributed by atoms with Gasteiger partial charge in [-0.25, -0.2) is 0 Å². The summed E-state index contributed by atoms with van der Waals surface area (Å²) in [5, 5.41) is 0.374. The Morgan fingerprint density at radius 2 is 1.86 bits per heavy atom. The van der Waals surface area contributed by atoms with Crippen LogP contribution >= 0.6 is 23.4 Å². The molecule has 1 saturated heterocycles. The van der Waals surface area contributed by atoms with Crippen LogP contribution in [0, 0.1) is 0 Å². The fraction of sp³-hybridized carbons (Fsp3) is 0.238. The van der Waals surface area contributed by atoms with Gasteiger partial charge in [0.05, 0.1) is 4.91 Å². The van der Waals surface area contributed by atoms with Gasteiger partial charge in [-0.1, -0.05) is 48.0 Å². The van der Waals surface area contributed by atoms with Crippen molar-refractivity contribution in [2.75, 3.05) is 20.3 Å². The Morgan fingerprint density at radius 3 is 2.64 bits per heavy atom. The molecule has 2 aromatic rings. The van der Waals surface area contributed by atoms with Gasteiger partial charge < -0.3 is 9.47 Å². The van der Waals surface area contributed by atoms with E-state index in [0.29, 0.717) is 41.9 Å². The predicted molar refractivity (Wildman–Crippen MR) is 111 cm³/mol. The summed E-state index contributed by atoms with van der Waals surface area (Å²) in [6, 6.07) is 14.9. The second kappa shape index (κ2) is 9.78. The smallest absolute Gasteiger partial charge is 0.293 e. The highest BCUT2D eigenvalue weighted by molar-refractivity contribution is 8.18. The van der Waals surface area contributed by atoms with Crippen molar-refractivity contribution in [1.82, 2.24) is 4.90 Å². The van der Waals surface area contributed by atoms with E-state index in [4.69, 9.17) is 21.1 Å². The van der Waals surface area contributed by atoms with E-state index in [0.717, 1.165) is 22.9 Å². The number of rotatable bonds is 8. The van der Waals surface area contributed by atoms with E-state index in [1.807, 2.05) is 48.5 Å². The lowest BCUT2D eigenvalue weighted by Crippen LogP contribution is -2.29. The normalized spacial score (nSPS) is 15.5. The fourth-order valence-corrected chi connectivity index (χ4v) is 3.75. The summed E-state index contributed by atoms with van der Waals surface area (Å²) in [6.45, 7) is 1.16. The minimum atomic E-state index is -0.285. The van der Waals surface area contributed by atoms with Crippen LogP contribution in [-0.4, -0.2) is 36.3 Å². The second-order valence-corrected chi connectivity index (χ2v) is 7.50. The molecule has 146 valence electrons. The number of carbonyl (C=O) groups excluding carboxylic acids is 2. The Balaban J connectivity index is 1.75. The number of ether oxygens (including phenoxy) is 2. The summed E-state index contributed by atoms with van der Waals surface area (Å²) in [5.41, 5.74) is 1.61. The van der Waals surface area contributed by atoms with E-state index < -0.39 is 0 Å². The quantitative estimate of drug-likeness (QED) is 0.447. The summed E-state index contributed by atoms with van der Waals surface area (Å²) >= 11 is 7.12. The van der Waals surface area contributed by atoms with Crippen molar-refractivity contribution in [1.29, 1.82) is 0 Å². The molecule has 7 heteroatoms. The zero-order valence-corrected chi connectivity index (χ0v) is 17.0. The van der Waals surface area contributed by atoms with Crippen molar-refractivity contribution in [3.05, 3.63) is 69.6 Å². The SMILES string of the molecule is COCCCN1C(=O)S/C(=C/c2ccccc2OCc2ccccc2Cl)C1=O. The minimum Gasteiger partial charge on any atom is -0.488 e. The van der Waals surface area contributed by atoms with Crippen LogP contribution < -0.4 is 4.74 Å². The Kier molecular flexibility index (Phi) is 7.14. The highest BCUT2D eigenvalue weighted by Crippen LogP contribution is 2.34. The molecule has 1 aliphatic heterocycles. The molecule has 0 saturated carbocycles. The fourth-order valence-electron chi connectivity index (χ4n) is 2.70. The van der Waals surface area contributed by atoms with Gasteiger partial charge in [0.15, 0.2) is 0 Å². The Bertz CT molecular complexity index is 899. The molecule has 0 N–H and O–H groups in total. The molecule has 0 radical (unpaired) electrons. The number of nitrogens with zero attached hydrogens (tertiary/aromatic N) is 1. The minimum absolute atomic E-state index is 0.262. The lowest BCUT2D eigenvalue weighted by molar-refractivity contribution is -0.122. The van der Waals surface area contributed by atoms with Crippen LogP contribution in [0.2, 0.25) is 5.02 Å². The maximum Gasteiger partial charge on any atom is 0.293 e. The van der Waals surface area contributed by atoms with Crippen molar-refractivity contribution < 1.29 is 19.1 Å². The summed E-state index contributed by atoms with van der Waals surface area (Å²) < 4.78 is 10.9. The molecule has 0 atom stereocenters. The first-order valence-corrected chi connectivity index (χ1v) is 9.99. The highest BCUT2D eigenvalue weighted by Gasteiger charge is 2.34. The molecular weight excluding hydrogens is 398 g/mol. The number of carbonyl (C=O) groups is 2. The van der Waals surface area contributed by atoms with Gasteiger partial charge >= 0.3 is 0 Å². The van der Waals surface area contributed by atoms with Crippen LogP contribution in [0.25, 0.3) is 6.08 Å². The van der Waals surface area contributed by atoms with Gasteiger partial charge in [0.2, 0.25) is 0 Å². The summed E-state index contributed by atoms with van der Waals surface area (Å²) in [6.07, 6.45) is 2.31. The Hall–Kier alpha value is -2.28. The number of amides is 2. The maximum atomic E-state index is 12.6.